The van der Waals surface area contributed by atoms with E-state index < -0.39 is 0 Å². The normalized spacial score (nSPS) is 16.3. The lowest BCUT2D eigenvalue weighted by Crippen LogP contribution is -2.48. The third-order valence-corrected chi connectivity index (χ3v) is 9.13. The van der Waals surface area contributed by atoms with Gasteiger partial charge in [0.15, 0.2) is 0 Å². The first-order chi connectivity index (χ1) is 20.7. The first-order valence-electron chi connectivity index (χ1n) is 14.1. The number of halogens is 2. The van der Waals surface area contributed by atoms with E-state index in [1.165, 1.54) is 40.9 Å². The summed E-state index contributed by atoms with van der Waals surface area (Å²) in [6, 6.07) is 14.4. The van der Waals surface area contributed by atoms with Gasteiger partial charge in [-0.3, -0.25) is 19.1 Å². The minimum atomic E-state index is -0.359. The van der Waals surface area contributed by atoms with Crippen molar-refractivity contribution >= 4 is 51.8 Å². The van der Waals surface area contributed by atoms with Crippen LogP contribution in [0.15, 0.2) is 58.2 Å². The summed E-state index contributed by atoms with van der Waals surface area (Å²) >= 11 is 6.72. The molecule has 2 saturated heterocycles. The molecule has 222 valence electrons. The molecule has 1 amide bonds. The molecule has 2 aliphatic rings. The number of benzene rings is 2. The highest BCUT2D eigenvalue weighted by Gasteiger charge is 2.34. The molecule has 2 fully saturated rings. The van der Waals surface area contributed by atoms with Crippen LogP contribution in [0.4, 0.5) is 20.3 Å². The fourth-order valence-corrected chi connectivity index (χ4v) is 6.61. The van der Waals surface area contributed by atoms with Crippen LogP contribution in [0.3, 0.4) is 0 Å². The number of nitrogens with zero attached hydrogens (tertiary/aromatic N) is 5. The summed E-state index contributed by atoms with van der Waals surface area (Å²) in [6.45, 7) is 6.88. The van der Waals surface area contributed by atoms with Crippen LogP contribution in [0.1, 0.15) is 42.0 Å². The molecule has 3 heterocycles. The summed E-state index contributed by atoms with van der Waals surface area (Å²) in [5.41, 5.74) is 2.54. The zero-order valence-electron chi connectivity index (χ0n) is 24.0. The summed E-state index contributed by atoms with van der Waals surface area (Å²) in [4.78, 5) is 33.4. The van der Waals surface area contributed by atoms with Gasteiger partial charge in [-0.2, -0.15) is 5.26 Å². The second kappa shape index (κ2) is 13.1. The number of piperazine rings is 1. The molecule has 3 aromatic rings. The van der Waals surface area contributed by atoms with Crippen LogP contribution < -0.4 is 15.4 Å². The van der Waals surface area contributed by atoms with Crippen molar-refractivity contribution in [2.75, 3.05) is 36.0 Å². The van der Waals surface area contributed by atoms with E-state index in [1.807, 2.05) is 6.92 Å². The predicted octanol–water partition coefficient (Wildman–Crippen LogP) is 5.83. The van der Waals surface area contributed by atoms with Crippen molar-refractivity contribution in [2.45, 2.75) is 39.8 Å². The quantitative estimate of drug-likeness (QED) is 0.232. The molecule has 0 saturated carbocycles. The van der Waals surface area contributed by atoms with Crippen molar-refractivity contribution in [3.63, 3.8) is 0 Å². The summed E-state index contributed by atoms with van der Waals surface area (Å²) < 4.78 is 29.0. The summed E-state index contributed by atoms with van der Waals surface area (Å²) in [7, 11) is 0. The van der Waals surface area contributed by atoms with Crippen molar-refractivity contribution < 1.29 is 13.6 Å². The number of thioether (sulfide) groups is 1. The van der Waals surface area contributed by atoms with E-state index in [0.717, 1.165) is 24.1 Å². The van der Waals surface area contributed by atoms with Crippen molar-refractivity contribution in [3.05, 3.63) is 97.7 Å². The Morgan fingerprint density at radius 2 is 1.58 bits per heavy atom. The Hall–Kier alpha value is -4.01. The van der Waals surface area contributed by atoms with E-state index in [2.05, 4.69) is 15.9 Å². The number of unbranched alkanes of at least 4 members (excludes halogenated alkanes) is 1. The first-order valence-corrected chi connectivity index (χ1v) is 15.4. The molecule has 7 nitrogen and oxygen atoms in total. The molecule has 43 heavy (non-hydrogen) atoms. The molecule has 0 unspecified atom stereocenters. The highest BCUT2D eigenvalue weighted by Crippen LogP contribution is 2.37. The van der Waals surface area contributed by atoms with Crippen molar-refractivity contribution in [3.8, 4) is 6.07 Å². The van der Waals surface area contributed by atoms with Gasteiger partial charge in [-0.25, -0.2) is 8.78 Å². The number of aromatic nitrogens is 1. The molecule has 2 aliphatic heterocycles. The van der Waals surface area contributed by atoms with E-state index in [1.54, 1.807) is 41.8 Å². The number of anilines is 2. The lowest BCUT2D eigenvalue weighted by molar-refractivity contribution is -0.122. The van der Waals surface area contributed by atoms with Crippen LogP contribution >= 0.6 is 24.0 Å². The van der Waals surface area contributed by atoms with Crippen LogP contribution in [0.5, 0.6) is 0 Å². The number of nitriles is 1. The smallest absolute Gasteiger partial charge is 0.270 e. The number of carbonyl (C=O) groups excluding carboxylic acids is 1. The van der Waals surface area contributed by atoms with Crippen molar-refractivity contribution in [1.29, 1.82) is 5.26 Å². The zero-order chi connectivity index (χ0) is 30.7. The van der Waals surface area contributed by atoms with Crippen LogP contribution in [0.25, 0.3) is 6.08 Å². The zero-order valence-corrected chi connectivity index (χ0v) is 25.6. The molecule has 0 N–H and O–H groups in total. The molecule has 1 aromatic heterocycles. The van der Waals surface area contributed by atoms with Crippen LogP contribution in [0, 0.1) is 29.9 Å². The minimum absolute atomic E-state index is 0.0536. The maximum atomic E-state index is 13.6. The Kier molecular flexibility index (Phi) is 9.28. The van der Waals surface area contributed by atoms with Gasteiger partial charge in [-0.05, 0) is 66.9 Å². The van der Waals surface area contributed by atoms with Crippen LogP contribution in [0.2, 0.25) is 0 Å². The fraction of sp³-hybridized carbons (Fsp3) is 0.312. The SMILES string of the molecule is CCCCn1c(N2CCN(c3ccc(F)cc3)CC2)c(/C=C2\SC(=S)N(Cc3ccc(F)cc3)C2=O)c(C)c(C#N)c1=O. The number of thiocarbonyl (C=S) groups is 1. The fourth-order valence-electron chi connectivity index (χ4n) is 5.38. The van der Waals surface area contributed by atoms with Gasteiger partial charge in [0.25, 0.3) is 11.5 Å². The molecule has 5 rings (SSSR count). The van der Waals surface area contributed by atoms with Crippen molar-refractivity contribution in [2.24, 2.45) is 0 Å². The second-order valence-corrected chi connectivity index (χ2v) is 12.2. The topological polar surface area (TPSA) is 72.6 Å². The van der Waals surface area contributed by atoms with Crippen LogP contribution in [-0.2, 0) is 17.9 Å². The largest absolute Gasteiger partial charge is 0.368 e. The molecule has 0 bridgehead atoms. The van der Waals surface area contributed by atoms with E-state index in [4.69, 9.17) is 12.2 Å². The van der Waals surface area contributed by atoms with Crippen molar-refractivity contribution in [1.82, 2.24) is 9.47 Å². The maximum absolute atomic E-state index is 13.6. The molecule has 11 heteroatoms. The van der Waals surface area contributed by atoms with E-state index in [0.29, 0.717) is 58.9 Å². The molecule has 0 atom stereocenters. The lowest BCUT2D eigenvalue weighted by atomic mass is 10.0. The summed E-state index contributed by atoms with van der Waals surface area (Å²) in [6.07, 6.45) is 3.36. The summed E-state index contributed by atoms with van der Waals surface area (Å²) in [5, 5.41) is 9.98. The number of hydrogen-bond acceptors (Lipinski definition) is 7. The average Bonchev–Trinajstić information content (AvgIpc) is 3.27. The van der Waals surface area contributed by atoms with E-state index >= 15 is 0 Å². The van der Waals surface area contributed by atoms with Gasteiger partial charge in [0, 0.05) is 44.0 Å². The van der Waals surface area contributed by atoms with Gasteiger partial charge in [0.2, 0.25) is 0 Å². The molecule has 0 spiro atoms. The van der Waals surface area contributed by atoms with Gasteiger partial charge in [0.1, 0.15) is 33.4 Å². The Balaban J connectivity index is 1.53. The highest BCUT2D eigenvalue weighted by atomic mass is 32.2. The molecular weight excluding hydrogens is 589 g/mol. The number of pyridine rings is 1. The average molecular weight is 620 g/mol. The standard InChI is InChI=1S/C32H31F2N5O2S2/c1-3-4-13-38-29(37-16-14-36(15-17-37)25-11-9-24(34)10-12-25)26(21(2)27(19-35)30(38)40)18-28-31(41)39(32(42)43-28)20-22-5-7-23(33)8-6-22/h5-12,18H,3-4,13-17,20H2,1-2H3/b28-18-. The lowest BCUT2D eigenvalue weighted by Gasteiger charge is -2.39. The Morgan fingerprint density at radius 3 is 2.19 bits per heavy atom. The third kappa shape index (κ3) is 6.36. The van der Waals surface area contributed by atoms with Crippen LogP contribution in [-0.4, -0.2) is 45.9 Å². The molecular formula is C32H31F2N5O2S2. The first kappa shape index (κ1) is 30.4. The van der Waals surface area contributed by atoms with Gasteiger partial charge < -0.3 is 9.80 Å². The van der Waals surface area contributed by atoms with E-state index in [-0.39, 0.29) is 35.2 Å². The third-order valence-electron chi connectivity index (χ3n) is 7.76. The molecule has 0 radical (unpaired) electrons. The van der Waals surface area contributed by atoms with Gasteiger partial charge in [-0.15, -0.1) is 0 Å². The minimum Gasteiger partial charge on any atom is -0.368 e. The number of rotatable bonds is 8. The number of hydrogen-bond donors (Lipinski definition) is 0. The molecule has 0 aliphatic carbocycles. The molecule has 2 aromatic carbocycles. The predicted molar refractivity (Wildman–Crippen MR) is 171 cm³/mol. The maximum Gasteiger partial charge on any atom is 0.270 e. The number of carbonyl (C=O) groups is 1. The van der Waals surface area contributed by atoms with Gasteiger partial charge >= 0.3 is 0 Å². The Morgan fingerprint density at radius 1 is 0.977 bits per heavy atom. The summed E-state index contributed by atoms with van der Waals surface area (Å²) in [5.74, 6) is -0.252. The van der Waals surface area contributed by atoms with Gasteiger partial charge in [-0.1, -0.05) is 49.5 Å². The van der Waals surface area contributed by atoms with Gasteiger partial charge in [0.05, 0.1) is 11.4 Å². The number of amides is 1. The Labute approximate surface area is 259 Å². The Bertz CT molecular complexity index is 1670. The highest BCUT2D eigenvalue weighted by molar-refractivity contribution is 8.26. The second-order valence-electron chi connectivity index (χ2n) is 10.5. The van der Waals surface area contributed by atoms with E-state index in [9.17, 15) is 23.6 Å². The monoisotopic (exact) mass is 619 g/mol.